The lowest BCUT2D eigenvalue weighted by Gasteiger charge is -2.30. The molecule has 0 aliphatic rings. The number of carbonyl (C=O) groups is 2. The molecule has 1 aromatic heterocycles. The molecule has 1 atom stereocenters. The fourth-order valence-corrected chi connectivity index (χ4v) is 4.17. The van der Waals surface area contributed by atoms with Crippen molar-refractivity contribution in [3.05, 3.63) is 95.8 Å². The first-order chi connectivity index (χ1) is 19.2. The van der Waals surface area contributed by atoms with Gasteiger partial charge in [0.15, 0.2) is 0 Å². The first kappa shape index (κ1) is 28.4. The highest BCUT2D eigenvalue weighted by atomic mass is 19.4. The van der Waals surface area contributed by atoms with E-state index in [-0.39, 0.29) is 30.0 Å². The van der Waals surface area contributed by atoms with Gasteiger partial charge in [0.1, 0.15) is 18.4 Å². The van der Waals surface area contributed by atoms with E-state index < -0.39 is 42.0 Å². The molecule has 0 radical (unpaired) electrons. The Kier molecular flexibility index (Phi) is 8.87. The van der Waals surface area contributed by atoms with Crippen molar-refractivity contribution in [1.29, 1.82) is 0 Å². The van der Waals surface area contributed by atoms with Crippen molar-refractivity contribution in [2.45, 2.75) is 38.5 Å². The lowest BCUT2D eigenvalue weighted by atomic mass is 10.1. The van der Waals surface area contributed by atoms with Crippen molar-refractivity contribution in [1.82, 2.24) is 25.5 Å². The van der Waals surface area contributed by atoms with Crippen molar-refractivity contribution < 1.29 is 27.2 Å². The summed E-state index contributed by atoms with van der Waals surface area (Å²) in [6.45, 7) is 1.37. The van der Waals surface area contributed by atoms with E-state index in [2.05, 4.69) is 20.7 Å². The standard InChI is InChI=1S/C28H26F4N6O2/c1-2-24(27(40)33-16-15-19-9-4-3-5-10-19)38(21-12-8-11-20(17-21)28(30,31)32)25(39)18-37-35-26(34-36-37)22-13-6-7-14-23(22)29/h3-14,17,24H,2,15-16,18H2,1H3,(H,33,40). The van der Waals surface area contributed by atoms with Crippen molar-refractivity contribution in [3.8, 4) is 11.4 Å². The summed E-state index contributed by atoms with van der Waals surface area (Å²) in [6.07, 6.45) is -4.01. The maximum Gasteiger partial charge on any atom is 0.416 e. The topological polar surface area (TPSA) is 93.0 Å². The predicted molar refractivity (Wildman–Crippen MR) is 139 cm³/mol. The van der Waals surface area contributed by atoms with Gasteiger partial charge in [-0.15, -0.1) is 10.2 Å². The number of carbonyl (C=O) groups excluding carboxylic acids is 2. The Morgan fingerprint density at radius 3 is 2.42 bits per heavy atom. The van der Waals surface area contributed by atoms with Crippen molar-refractivity contribution >= 4 is 17.5 Å². The molecule has 0 aliphatic heterocycles. The molecule has 0 saturated carbocycles. The maximum atomic E-state index is 14.2. The van der Waals surface area contributed by atoms with Crippen LogP contribution in [0.5, 0.6) is 0 Å². The van der Waals surface area contributed by atoms with Crippen LogP contribution in [-0.4, -0.2) is 44.6 Å². The lowest BCUT2D eigenvalue weighted by Crippen LogP contribution is -2.51. The summed E-state index contributed by atoms with van der Waals surface area (Å²) < 4.78 is 54.7. The third-order valence-electron chi connectivity index (χ3n) is 6.12. The number of benzene rings is 3. The Labute approximate surface area is 227 Å². The van der Waals surface area contributed by atoms with Gasteiger partial charge in [-0.2, -0.15) is 18.0 Å². The number of tetrazole rings is 1. The summed E-state index contributed by atoms with van der Waals surface area (Å²) >= 11 is 0. The molecule has 0 bridgehead atoms. The molecule has 0 fully saturated rings. The molecule has 0 spiro atoms. The summed E-state index contributed by atoms with van der Waals surface area (Å²) in [5.74, 6) is -1.93. The molecule has 8 nitrogen and oxygen atoms in total. The number of rotatable bonds is 10. The highest BCUT2D eigenvalue weighted by Crippen LogP contribution is 2.32. The zero-order valence-corrected chi connectivity index (χ0v) is 21.5. The number of hydrogen-bond donors (Lipinski definition) is 1. The summed E-state index contributed by atoms with van der Waals surface area (Å²) in [4.78, 5) is 28.7. The predicted octanol–water partition coefficient (Wildman–Crippen LogP) is 4.67. The van der Waals surface area contributed by atoms with Crippen LogP contribution in [0.15, 0.2) is 78.9 Å². The maximum absolute atomic E-state index is 14.2. The van der Waals surface area contributed by atoms with Gasteiger partial charge in [0.05, 0.1) is 11.1 Å². The van der Waals surface area contributed by atoms with E-state index in [4.69, 9.17) is 0 Å². The Hall–Kier alpha value is -4.61. The van der Waals surface area contributed by atoms with Gasteiger partial charge in [-0.1, -0.05) is 55.5 Å². The van der Waals surface area contributed by atoms with Crippen LogP contribution in [0.1, 0.15) is 24.5 Å². The fourth-order valence-electron chi connectivity index (χ4n) is 4.17. The van der Waals surface area contributed by atoms with Gasteiger partial charge in [-0.3, -0.25) is 14.5 Å². The van der Waals surface area contributed by atoms with Crippen LogP contribution in [0.3, 0.4) is 0 Å². The minimum absolute atomic E-state index is 0.0674. The molecule has 0 saturated heterocycles. The third-order valence-corrected chi connectivity index (χ3v) is 6.12. The van der Waals surface area contributed by atoms with Crippen molar-refractivity contribution in [3.63, 3.8) is 0 Å². The minimum atomic E-state index is -4.66. The second-order valence-corrected chi connectivity index (χ2v) is 8.89. The number of alkyl halides is 3. The zero-order valence-electron chi connectivity index (χ0n) is 21.5. The molecule has 40 heavy (non-hydrogen) atoms. The second kappa shape index (κ2) is 12.5. The average molecular weight is 555 g/mol. The number of halogens is 4. The number of hydrogen-bond acceptors (Lipinski definition) is 5. The smallest absolute Gasteiger partial charge is 0.354 e. The van der Waals surface area contributed by atoms with Gasteiger partial charge in [-0.05, 0) is 54.0 Å². The zero-order chi connectivity index (χ0) is 28.7. The molecule has 1 unspecified atom stereocenters. The van der Waals surface area contributed by atoms with Gasteiger partial charge in [-0.25, -0.2) is 4.39 Å². The van der Waals surface area contributed by atoms with Gasteiger partial charge >= 0.3 is 6.18 Å². The van der Waals surface area contributed by atoms with Gasteiger partial charge < -0.3 is 5.32 Å². The summed E-state index contributed by atoms with van der Waals surface area (Å²) in [5, 5.41) is 14.4. The minimum Gasteiger partial charge on any atom is -0.354 e. The largest absolute Gasteiger partial charge is 0.416 e. The number of nitrogens with one attached hydrogen (secondary N) is 1. The molecule has 2 amide bonds. The molecule has 0 aliphatic carbocycles. The molecule has 1 N–H and O–H groups in total. The molecule has 4 rings (SSSR count). The van der Waals surface area contributed by atoms with Crippen LogP contribution < -0.4 is 10.2 Å². The van der Waals surface area contributed by atoms with Gasteiger partial charge in [0.25, 0.3) is 5.91 Å². The fraction of sp³-hybridized carbons (Fsp3) is 0.250. The molecular formula is C28H26F4N6O2. The van der Waals surface area contributed by atoms with E-state index >= 15 is 0 Å². The summed E-state index contributed by atoms with van der Waals surface area (Å²) in [6, 6.07) is 18.2. The van der Waals surface area contributed by atoms with Crippen molar-refractivity contribution in [2.75, 3.05) is 11.4 Å². The third kappa shape index (κ3) is 6.87. The Morgan fingerprint density at radius 1 is 1.00 bits per heavy atom. The van der Waals surface area contributed by atoms with E-state index in [0.29, 0.717) is 6.42 Å². The van der Waals surface area contributed by atoms with Crippen LogP contribution in [0.4, 0.5) is 23.2 Å². The number of nitrogens with zero attached hydrogens (tertiary/aromatic N) is 5. The molecule has 3 aromatic carbocycles. The summed E-state index contributed by atoms with van der Waals surface area (Å²) in [5.41, 5.74) is -0.0214. The Morgan fingerprint density at radius 2 is 1.73 bits per heavy atom. The quantitative estimate of drug-likeness (QED) is 0.288. The monoisotopic (exact) mass is 554 g/mol. The van der Waals surface area contributed by atoms with Crippen molar-refractivity contribution in [2.24, 2.45) is 0 Å². The number of aromatic nitrogens is 4. The first-order valence-corrected chi connectivity index (χ1v) is 12.5. The van der Waals surface area contributed by atoms with E-state index in [1.807, 2.05) is 30.3 Å². The van der Waals surface area contributed by atoms with Crippen LogP contribution >= 0.6 is 0 Å². The molecule has 12 heteroatoms. The Balaban J connectivity index is 1.59. The Bertz CT molecular complexity index is 1460. The van der Waals surface area contributed by atoms with E-state index in [9.17, 15) is 27.2 Å². The number of amides is 2. The second-order valence-electron chi connectivity index (χ2n) is 8.89. The molecule has 4 aromatic rings. The van der Waals surface area contributed by atoms with Crippen LogP contribution in [-0.2, 0) is 28.7 Å². The SMILES string of the molecule is CCC(C(=O)NCCc1ccccc1)N(C(=O)Cn1nnc(-c2ccccc2F)n1)c1cccc(C(F)(F)F)c1. The molecular weight excluding hydrogens is 528 g/mol. The van der Waals surface area contributed by atoms with Crippen LogP contribution in [0.25, 0.3) is 11.4 Å². The summed E-state index contributed by atoms with van der Waals surface area (Å²) in [7, 11) is 0. The van der Waals surface area contributed by atoms with Gasteiger partial charge in [0, 0.05) is 12.2 Å². The highest BCUT2D eigenvalue weighted by Gasteiger charge is 2.34. The lowest BCUT2D eigenvalue weighted by molar-refractivity contribution is -0.137. The van der Waals surface area contributed by atoms with Crippen LogP contribution in [0.2, 0.25) is 0 Å². The number of anilines is 1. The first-order valence-electron chi connectivity index (χ1n) is 12.5. The normalized spacial score (nSPS) is 12.1. The van der Waals surface area contributed by atoms with E-state index in [1.165, 1.54) is 30.3 Å². The van der Waals surface area contributed by atoms with Gasteiger partial charge in [0.2, 0.25) is 11.7 Å². The molecule has 208 valence electrons. The van der Waals surface area contributed by atoms with E-state index in [0.717, 1.165) is 27.4 Å². The molecule has 1 heterocycles. The van der Waals surface area contributed by atoms with E-state index in [1.54, 1.807) is 13.0 Å². The highest BCUT2D eigenvalue weighted by molar-refractivity contribution is 6.00. The van der Waals surface area contributed by atoms with Crippen LogP contribution in [0, 0.1) is 5.82 Å². The average Bonchev–Trinajstić information content (AvgIpc) is 3.40.